The fourth-order valence-electron chi connectivity index (χ4n) is 1.19. The summed E-state index contributed by atoms with van der Waals surface area (Å²) < 4.78 is 0. The van der Waals surface area contributed by atoms with Gasteiger partial charge in [0.15, 0.2) is 0 Å². The predicted octanol–water partition coefficient (Wildman–Crippen LogP) is -0.882. The zero-order chi connectivity index (χ0) is 12.3. The Morgan fingerprint density at radius 2 is 1.81 bits per heavy atom. The summed E-state index contributed by atoms with van der Waals surface area (Å²) in [4.78, 5) is 48.8. The first-order chi connectivity index (χ1) is 7.41. The molecule has 16 heavy (non-hydrogen) atoms. The summed E-state index contributed by atoms with van der Waals surface area (Å²) in [6.45, 7) is 2.64. The van der Waals surface area contributed by atoms with Crippen LogP contribution in [-0.4, -0.2) is 34.8 Å². The second kappa shape index (κ2) is 4.73. The summed E-state index contributed by atoms with van der Waals surface area (Å²) in [5, 5.41) is 2.73. The lowest BCUT2D eigenvalue weighted by atomic mass is 10.3. The Balaban J connectivity index is 2.53. The van der Waals surface area contributed by atoms with Crippen LogP contribution in [0.25, 0.3) is 0 Å². The molecule has 0 saturated carbocycles. The van der Waals surface area contributed by atoms with E-state index in [1.807, 2.05) is 0 Å². The molecule has 3 amide bonds. The van der Waals surface area contributed by atoms with Crippen molar-refractivity contribution < 1.29 is 24.0 Å². The van der Waals surface area contributed by atoms with E-state index < -0.39 is 29.7 Å². The normalized spacial score (nSPS) is 17.2. The fourth-order valence-corrected chi connectivity index (χ4v) is 1.19. The van der Waals surface area contributed by atoms with Crippen molar-refractivity contribution in [2.75, 3.05) is 0 Å². The average molecular weight is 228 g/mol. The predicted molar refractivity (Wildman–Crippen MR) is 50.5 cm³/mol. The van der Waals surface area contributed by atoms with Gasteiger partial charge in [0.05, 0.1) is 0 Å². The molecule has 1 atom stereocenters. The van der Waals surface area contributed by atoms with Gasteiger partial charge in [-0.05, 0) is 6.92 Å². The summed E-state index contributed by atoms with van der Waals surface area (Å²) in [6, 6.07) is -0.904. The molecular weight excluding hydrogens is 216 g/mol. The van der Waals surface area contributed by atoms with Crippen LogP contribution in [0.2, 0.25) is 0 Å². The van der Waals surface area contributed by atoms with Crippen molar-refractivity contribution in [1.82, 2.24) is 10.4 Å². The molecule has 1 rings (SSSR count). The Kier molecular flexibility index (Phi) is 3.60. The maximum Gasteiger partial charge on any atom is 0.354 e. The maximum absolute atomic E-state index is 11.3. The standard InChI is InChI=1S/C9H12N2O5/c1-5(10-6(2)12)9(15)16-11-7(13)3-4-8(11)14/h5H,3-4H2,1-2H3,(H,10,12)/t5-/m0/s1. The Morgan fingerprint density at radius 1 is 1.31 bits per heavy atom. The highest BCUT2D eigenvalue weighted by Gasteiger charge is 2.34. The molecule has 88 valence electrons. The summed E-state index contributed by atoms with van der Waals surface area (Å²) in [5.41, 5.74) is 0. The molecule has 0 aromatic rings. The number of nitrogens with one attached hydrogen (secondary N) is 1. The van der Waals surface area contributed by atoms with Gasteiger partial charge in [-0.2, -0.15) is 0 Å². The van der Waals surface area contributed by atoms with Gasteiger partial charge < -0.3 is 10.2 Å². The van der Waals surface area contributed by atoms with Gasteiger partial charge in [0.1, 0.15) is 6.04 Å². The molecule has 0 spiro atoms. The van der Waals surface area contributed by atoms with Crippen molar-refractivity contribution in [2.45, 2.75) is 32.7 Å². The van der Waals surface area contributed by atoms with Gasteiger partial charge in [-0.3, -0.25) is 14.4 Å². The second-order valence-electron chi connectivity index (χ2n) is 3.41. The molecule has 0 aromatic carbocycles. The molecule has 1 N–H and O–H groups in total. The highest BCUT2D eigenvalue weighted by Crippen LogP contribution is 2.12. The van der Waals surface area contributed by atoms with Crippen molar-refractivity contribution in [3.05, 3.63) is 0 Å². The van der Waals surface area contributed by atoms with Crippen LogP contribution in [0.15, 0.2) is 0 Å². The molecule has 0 aromatic heterocycles. The molecule has 0 unspecified atom stereocenters. The molecular formula is C9H12N2O5. The van der Waals surface area contributed by atoms with Crippen LogP contribution in [0.3, 0.4) is 0 Å². The molecule has 7 nitrogen and oxygen atoms in total. The van der Waals surface area contributed by atoms with Gasteiger partial charge in [0.2, 0.25) is 5.91 Å². The number of rotatable bonds is 3. The van der Waals surface area contributed by atoms with Gasteiger partial charge in [-0.15, -0.1) is 5.06 Å². The second-order valence-corrected chi connectivity index (χ2v) is 3.41. The molecule has 0 radical (unpaired) electrons. The van der Waals surface area contributed by atoms with Gasteiger partial charge in [-0.1, -0.05) is 0 Å². The number of nitrogens with zero attached hydrogens (tertiary/aromatic N) is 1. The van der Waals surface area contributed by atoms with Gasteiger partial charge in [0.25, 0.3) is 11.8 Å². The lowest BCUT2D eigenvalue weighted by Crippen LogP contribution is -2.42. The third-order valence-electron chi connectivity index (χ3n) is 1.96. The highest BCUT2D eigenvalue weighted by atomic mass is 16.7. The molecule has 1 heterocycles. The summed E-state index contributed by atoms with van der Waals surface area (Å²) in [5.74, 6) is -2.34. The Hall–Kier alpha value is -1.92. The number of imide groups is 1. The van der Waals surface area contributed by atoms with Crippen molar-refractivity contribution >= 4 is 23.7 Å². The molecule has 7 heteroatoms. The highest BCUT2D eigenvalue weighted by molar-refractivity contribution is 6.01. The van der Waals surface area contributed by atoms with Gasteiger partial charge in [-0.25, -0.2) is 4.79 Å². The largest absolute Gasteiger partial charge is 0.354 e. The third-order valence-corrected chi connectivity index (χ3v) is 1.96. The monoisotopic (exact) mass is 228 g/mol. The number of amides is 3. The average Bonchev–Trinajstić information content (AvgIpc) is 2.48. The van der Waals surface area contributed by atoms with Crippen molar-refractivity contribution in [3.63, 3.8) is 0 Å². The summed E-state index contributed by atoms with van der Waals surface area (Å²) >= 11 is 0. The van der Waals surface area contributed by atoms with E-state index >= 15 is 0 Å². The maximum atomic E-state index is 11.3. The number of hydrogen-bond donors (Lipinski definition) is 1. The van der Waals surface area contributed by atoms with Crippen LogP contribution >= 0.6 is 0 Å². The van der Waals surface area contributed by atoms with Crippen LogP contribution in [0.5, 0.6) is 0 Å². The van der Waals surface area contributed by atoms with E-state index in [4.69, 9.17) is 0 Å². The van der Waals surface area contributed by atoms with Crippen LogP contribution in [0, 0.1) is 0 Å². The Labute approximate surface area is 91.7 Å². The molecule has 1 saturated heterocycles. The molecule has 1 fully saturated rings. The van der Waals surface area contributed by atoms with E-state index in [9.17, 15) is 19.2 Å². The topological polar surface area (TPSA) is 92.8 Å². The van der Waals surface area contributed by atoms with Crippen LogP contribution < -0.4 is 5.32 Å². The van der Waals surface area contributed by atoms with E-state index in [0.717, 1.165) is 0 Å². The minimum Gasteiger partial charge on any atom is -0.343 e. The van der Waals surface area contributed by atoms with E-state index in [1.54, 1.807) is 0 Å². The zero-order valence-corrected chi connectivity index (χ0v) is 8.98. The SMILES string of the molecule is CC(=O)N[C@@H](C)C(=O)ON1C(=O)CCC1=O. The molecule has 1 aliphatic heterocycles. The van der Waals surface area contributed by atoms with Crippen molar-refractivity contribution in [3.8, 4) is 0 Å². The van der Waals surface area contributed by atoms with Gasteiger partial charge >= 0.3 is 5.97 Å². The van der Waals surface area contributed by atoms with E-state index in [-0.39, 0.29) is 12.8 Å². The summed E-state index contributed by atoms with van der Waals surface area (Å²) in [7, 11) is 0. The smallest absolute Gasteiger partial charge is 0.343 e. The van der Waals surface area contributed by atoms with Crippen LogP contribution in [-0.2, 0) is 24.0 Å². The zero-order valence-electron chi connectivity index (χ0n) is 8.98. The third kappa shape index (κ3) is 2.78. The molecule has 1 aliphatic rings. The minimum absolute atomic E-state index is 0.0423. The Morgan fingerprint density at radius 3 is 2.25 bits per heavy atom. The van der Waals surface area contributed by atoms with Crippen LogP contribution in [0.4, 0.5) is 0 Å². The molecule has 0 bridgehead atoms. The first kappa shape index (κ1) is 12.2. The quantitative estimate of drug-likeness (QED) is 0.633. The first-order valence-electron chi connectivity index (χ1n) is 4.76. The van der Waals surface area contributed by atoms with Gasteiger partial charge in [0, 0.05) is 19.8 Å². The first-order valence-corrected chi connectivity index (χ1v) is 4.76. The minimum atomic E-state index is -0.904. The van der Waals surface area contributed by atoms with E-state index in [2.05, 4.69) is 10.2 Å². The Bertz CT molecular complexity index is 336. The van der Waals surface area contributed by atoms with Crippen LogP contribution in [0.1, 0.15) is 26.7 Å². The number of hydroxylamine groups is 2. The van der Waals surface area contributed by atoms with Crippen molar-refractivity contribution in [2.24, 2.45) is 0 Å². The van der Waals surface area contributed by atoms with E-state index in [1.165, 1.54) is 13.8 Å². The van der Waals surface area contributed by atoms with E-state index in [0.29, 0.717) is 5.06 Å². The number of carbonyl (C=O) groups excluding carboxylic acids is 4. The lowest BCUT2D eigenvalue weighted by Gasteiger charge is -2.16. The number of hydrogen-bond acceptors (Lipinski definition) is 5. The molecule has 0 aliphatic carbocycles. The fraction of sp³-hybridized carbons (Fsp3) is 0.556. The summed E-state index contributed by atoms with van der Waals surface area (Å²) in [6.07, 6.45) is 0.0846. The lowest BCUT2D eigenvalue weighted by molar-refractivity contribution is -0.198. The van der Waals surface area contributed by atoms with Crippen molar-refractivity contribution in [1.29, 1.82) is 0 Å². The number of carbonyl (C=O) groups is 4.